The Morgan fingerprint density at radius 1 is 0.491 bits per heavy atom. The Morgan fingerprint density at radius 3 is 1.85 bits per heavy atom. The second-order valence-corrected chi connectivity index (χ2v) is 14.5. The SMILES string of the molecule is CCC(C)c1ccc(-c2ccc(N(c3ccccc3)c3ccc4c(c3)c3ccccc3n4-c3ccc(-c4cccc5c4oc4ccccc45)cc3)cc2)cc1. The topological polar surface area (TPSA) is 21.3 Å². The first-order valence-electron chi connectivity index (χ1n) is 19.2. The van der Waals surface area contributed by atoms with Crippen LogP contribution in [0.4, 0.5) is 17.1 Å². The summed E-state index contributed by atoms with van der Waals surface area (Å²) in [5.74, 6) is 0.568. The molecule has 0 aliphatic rings. The average Bonchev–Trinajstić information content (AvgIpc) is 3.80. The molecule has 0 aliphatic heterocycles. The molecule has 0 spiro atoms. The maximum atomic E-state index is 6.38. The molecular formula is C52H40N2O. The third-order valence-corrected chi connectivity index (χ3v) is 11.3. The molecule has 1 unspecified atom stereocenters. The van der Waals surface area contributed by atoms with E-state index < -0.39 is 0 Å². The normalized spacial score (nSPS) is 12.2. The fourth-order valence-electron chi connectivity index (χ4n) is 8.21. The number of hydrogen-bond donors (Lipinski definition) is 0. The molecule has 0 bridgehead atoms. The number of nitrogens with zero attached hydrogens (tertiary/aromatic N) is 2. The summed E-state index contributed by atoms with van der Waals surface area (Å²) in [5.41, 5.74) is 14.7. The molecule has 0 radical (unpaired) electrons. The molecule has 0 N–H and O–H groups in total. The molecule has 10 rings (SSSR count). The highest BCUT2D eigenvalue weighted by molar-refractivity contribution is 6.11. The van der Waals surface area contributed by atoms with E-state index in [9.17, 15) is 0 Å². The molecule has 2 heterocycles. The van der Waals surface area contributed by atoms with Gasteiger partial charge in [-0.05, 0) is 101 Å². The van der Waals surface area contributed by atoms with E-state index in [1.54, 1.807) is 0 Å². The predicted octanol–water partition coefficient (Wildman–Crippen LogP) is 15.0. The summed E-state index contributed by atoms with van der Waals surface area (Å²) in [6, 6.07) is 67.9. The van der Waals surface area contributed by atoms with Gasteiger partial charge in [0.15, 0.2) is 0 Å². The van der Waals surface area contributed by atoms with Crippen LogP contribution in [0.1, 0.15) is 31.7 Å². The molecule has 0 amide bonds. The first kappa shape index (κ1) is 32.8. The first-order valence-corrected chi connectivity index (χ1v) is 19.2. The van der Waals surface area contributed by atoms with Gasteiger partial charge < -0.3 is 13.9 Å². The van der Waals surface area contributed by atoms with Crippen LogP contribution in [0.5, 0.6) is 0 Å². The smallest absolute Gasteiger partial charge is 0.143 e. The lowest BCUT2D eigenvalue weighted by Crippen LogP contribution is -2.09. The lowest BCUT2D eigenvalue weighted by atomic mass is 9.96. The van der Waals surface area contributed by atoms with E-state index in [2.05, 4.69) is 199 Å². The fraction of sp³-hybridized carbons (Fsp3) is 0.0769. The number of furan rings is 1. The Kier molecular flexibility index (Phi) is 8.07. The summed E-state index contributed by atoms with van der Waals surface area (Å²) < 4.78 is 8.76. The number of para-hydroxylation sites is 4. The van der Waals surface area contributed by atoms with Crippen LogP contribution < -0.4 is 4.90 Å². The number of benzene rings is 8. The summed E-state index contributed by atoms with van der Waals surface area (Å²) in [5, 5.41) is 4.72. The van der Waals surface area contributed by atoms with Gasteiger partial charge in [0.25, 0.3) is 0 Å². The Bertz CT molecular complexity index is 2950. The second kappa shape index (κ2) is 13.5. The second-order valence-electron chi connectivity index (χ2n) is 14.5. The van der Waals surface area contributed by atoms with Crippen LogP contribution in [-0.4, -0.2) is 4.57 Å². The highest BCUT2D eigenvalue weighted by atomic mass is 16.3. The van der Waals surface area contributed by atoms with Crippen LogP contribution in [0.25, 0.3) is 71.7 Å². The monoisotopic (exact) mass is 708 g/mol. The van der Waals surface area contributed by atoms with Gasteiger partial charge in [0.1, 0.15) is 11.2 Å². The molecule has 0 saturated carbocycles. The molecule has 0 fully saturated rings. The van der Waals surface area contributed by atoms with Crippen molar-refractivity contribution in [3.05, 3.63) is 194 Å². The molecule has 0 saturated heterocycles. The molecule has 8 aromatic carbocycles. The first-order chi connectivity index (χ1) is 27.1. The third-order valence-electron chi connectivity index (χ3n) is 11.3. The summed E-state index contributed by atoms with van der Waals surface area (Å²) in [4.78, 5) is 2.36. The zero-order chi connectivity index (χ0) is 36.9. The largest absolute Gasteiger partial charge is 0.455 e. The van der Waals surface area contributed by atoms with E-state index in [0.29, 0.717) is 5.92 Å². The highest BCUT2D eigenvalue weighted by Crippen LogP contribution is 2.41. The van der Waals surface area contributed by atoms with Crippen molar-refractivity contribution < 1.29 is 4.42 Å². The van der Waals surface area contributed by atoms with E-state index in [0.717, 1.165) is 62.2 Å². The number of hydrogen-bond acceptors (Lipinski definition) is 2. The Balaban J connectivity index is 1.04. The molecule has 2 aromatic heterocycles. The average molecular weight is 709 g/mol. The zero-order valence-corrected chi connectivity index (χ0v) is 31.0. The Morgan fingerprint density at radius 2 is 1.09 bits per heavy atom. The maximum Gasteiger partial charge on any atom is 0.143 e. The molecule has 10 aromatic rings. The van der Waals surface area contributed by atoms with Crippen LogP contribution in [0, 0.1) is 0 Å². The van der Waals surface area contributed by atoms with Crippen molar-refractivity contribution >= 4 is 60.8 Å². The number of fused-ring (bicyclic) bond motifs is 6. The van der Waals surface area contributed by atoms with E-state index in [1.807, 2.05) is 12.1 Å². The standard InChI is InChI=1S/C52H40N2O/c1-3-35(2)36-20-22-37(23-21-36)38-24-28-41(29-25-38)53(40-12-5-4-6-13-40)43-32-33-50-48(34-43)45-14-7-9-18-49(45)54(50)42-30-26-39(27-31-42)44-16-11-17-47-46-15-8-10-19-51(46)55-52(44)47/h4-35H,3H2,1-2H3. The predicted molar refractivity (Wildman–Crippen MR) is 232 cm³/mol. The molecule has 1 atom stereocenters. The van der Waals surface area contributed by atoms with Crippen LogP contribution >= 0.6 is 0 Å². The highest BCUT2D eigenvalue weighted by Gasteiger charge is 2.18. The van der Waals surface area contributed by atoms with Gasteiger partial charge in [0, 0.05) is 49.9 Å². The number of aromatic nitrogens is 1. The van der Waals surface area contributed by atoms with Gasteiger partial charge in [-0.2, -0.15) is 0 Å². The van der Waals surface area contributed by atoms with E-state index in [1.165, 1.54) is 38.5 Å². The Labute approximate surface area is 321 Å². The van der Waals surface area contributed by atoms with Gasteiger partial charge in [-0.1, -0.05) is 135 Å². The van der Waals surface area contributed by atoms with Crippen molar-refractivity contribution in [1.29, 1.82) is 0 Å². The molecule has 3 heteroatoms. The number of anilines is 3. The maximum absolute atomic E-state index is 6.38. The summed E-state index contributed by atoms with van der Waals surface area (Å²) in [6.07, 6.45) is 1.14. The van der Waals surface area contributed by atoms with Crippen molar-refractivity contribution in [3.8, 4) is 27.9 Å². The number of rotatable bonds is 8. The zero-order valence-electron chi connectivity index (χ0n) is 31.0. The van der Waals surface area contributed by atoms with Crippen molar-refractivity contribution in [3.63, 3.8) is 0 Å². The van der Waals surface area contributed by atoms with Crippen LogP contribution in [0.2, 0.25) is 0 Å². The van der Waals surface area contributed by atoms with Crippen molar-refractivity contribution in [2.75, 3.05) is 4.90 Å². The van der Waals surface area contributed by atoms with Gasteiger partial charge in [0.05, 0.1) is 11.0 Å². The minimum atomic E-state index is 0.568. The molecule has 3 nitrogen and oxygen atoms in total. The minimum Gasteiger partial charge on any atom is -0.455 e. The lowest BCUT2D eigenvalue weighted by Gasteiger charge is -2.26. The van der Waals surface area contributed by atoms with Crippen molar-refractivity contribution in [2.45, 2.75) is 26.2 Å². The van der Waals surface area contributed by atoms with Gasteiger partial charge in [0.2, 0.25) is 0 Å². The van der Waals surface area contributed by atoms with Gasteiger partial charge in [-0.15, -0.1) is 0 Å². The molecule has 264 valence electrons. The van der Waals surface area contributed by atoms with Crippen molar-refractivity contribution in [2.24, 2.45) is 0 Å². The third kappa shape index (κ3) is 5.68. The molecular weight excluding hydrogens is 669 g/mol. The van der Waals surface area contributed by atoms with Gasteiger partial charge in [-0.3, -0.25) is 0 Å². The quantitative estimate of drug-likeness (QED) is 0.157. The van der Waals surface area contributed by atoms with E-state index >= 15 is 0 Å². The van der Waals surface area contributed by atoms with Crippen LogP contribution in [0.3, 0.4) is 0 Å². The lowest BCUT2D eigenvalue weighted by molar-refractivity contribution is 0.670. The summed E-state index contributed by atoms with van der Waals surface area (Å²) in [7, 11) is 0. The van der Waals surface area contributed by atoms with Crippen LogP contribution in [0.15, 0.2) is 192 Å². The molecule has 55 heavy (non-hydrogen) atoms. The van der Waals surface area contributed by atoms with Gasteiger partial charge in [-0.25, -0.2) is 0 Å². The minimum absolute atomic E-state index is 0.568. The van der Waals surface area contributed by atoms with Crippen molar-refractivity contribution in [1.82, 2.24) is 4.57 Å². The molecule has 0 aliphatic carbocycles. The fourth-order valence-corrected chi connectivity index (χ4v) is 8.21. The summed E-state index contributed by atoms with van der Waals surface area (Å²) >= 11 is 0. The van der Waals surface area contributed by atoms with Gasteiger partial charge >= 0.3 is 0 Å². The Hall–Kier alpha value is -6.84. The van der Waals surface area contributed by atoms with E-state index in [4.69, 9.17) is 4.42 Å². The van der Waals surface area contributed by atoms with Crippen LogP contribution in [-0.2, 0) is 0 Å². The van der Waals surface area contributed by atoms with E-state index in [-0.39, 0.29) is 0 Å². The summed E-state index contributed by atoms with van der Waals surface area (Å²) in [6.45, 7) is 4.54.